The van der Waals surface area contributed by atoms with Crippen LogP contribution in [0.3, 0.4) is 0 Å². The highest BCUT2D eigenvalue weighted by Crippen LogP contribution is 2.17. The van der Waals surface area contributed by atoms with Gasteiger partial charge in [-0.05, 0) is 25.8 Å². The van der Waals surface area contributed by atoms with Crippen LogP contribution in [0.4, 0.5) is 0 Å². The normalized spacial score (nSPS) is 11.1. The molecule has 0 aliphatic carbocycles. The summed E-state index contributed by atoms with van der Waals surface area (Å²) < 4.78 is 5.17. The fourth-order valence-electron chi connectivity index (χ4n) is 1.34. The van der Waals surface area contributed by atoms with Crippen LogP contribution in [0.25, 0.3) is 0 Å². The van der Waals surface area contributed by atoms with Gasteiger partial charge in [0.05, 0.1) is 0 Å². The maximum absolute atomic E-state index is 12.0. The molecule has 3 nitrogen and oxygen atoms in total. The number of hydrogen-bond donors (Lipinski definition) is 0. The summed E-state index contributed by atoms with van der Waals surface area (Å²) in [4.78, 5) is 23.8. The Labute approximate surface area is 112 Å². The van der Waals surface area contributed by atoms with E-state index in [-0.39, 0.29) is 5.88 Å². The van der Waals surface area contributed by atoms with E-state index >= 15 is 0 Å². The summed E-state index contributed by atoms with van der Waals surface area (Å²) in [6, 6.07) is 6.77. The Balaban J connectivity index is 2.91. The Kier molecular flexibility index (Phi) is 4.91. The van der Waals surface area contributed by atoms with Crippen LogP contribution in [0.15, 0.2) is 24.3 Å². The van der Waals surface area contributed by atoms with Gasteiger partial charge in [-0.15, -0.1) is 11.6 Å². The lowest BCUT2D eigenvalue weighted by molar-refractivity contribution is -0.150. The lowest BCUT2D eigenvalue weighted by atomic mass is 10.0. The van der Waals surface area contributed by atoms with Gasteiger partial charge in [-0.2, -0.15) is 0 Å². The molecule has 0 aliphatic heterocycles. The van der Waals surface area contributed by atoms with Crippen molar-refractivity contribution in [1.82, 2.24) is 0 Å². The van der Waals surface area contributed by atoms with Crippen molar-refractivity contribution in [3.8, 4) is 0 Å². The van der Waals surface area contributed by atoms with Crippen LogP contribution in [-0.2, 0) is 15.4 Å². The van der Waals surface area contributed by atoms with E-state index in [0.29, 0.717) is 17.5 Å². The van der Waals surface area contributed by atoms with Crippen LogP contribution in [-0.4, -0.2) is 17.4 Å². The fraction of sp³-hybridized carbons (Fsp3) is 0.429. The zero-order chi connectivity index (χ0) is 13.8. The first-order chi connectivity index (χ1) is 8.41. The first-order valence-electron chi connectivity index (χ1n) is 5.83. The minimum atomic E-state index is -0.834. The Morgan fingerprint density at radius 1 is 1.28 bits per heavy atom. The number of carbonyl (C=O) groups is 2. The maximum atomic E-state index is 12.0. The van der Waals surface area contributed by atoms with Gasteiger partial charge in [0.2, 0.25) is 0 Å². The molecule has 0 amide bonds. The molecular weight excluding hydrogens is 252 g/mol. The van der Waals surface area contributed by atoms with E-state index in [4.69, 9.17) is 16.3 Å². The van der Waals surface area contributed by atoms with Crippen LogP contribution < -0.4 is 0 Å². The first-order valence-corrected chi connectivity index (χ1v) is 6.36. The third-order valence-corrected chi connectivity index (χ3v) is 3.10. The van der Waals surface area contributed by atoms with E-state index < -0.39 is 17.4 Å². The van der Waals surface area contributed by atoms with Crippen molar-refractivity contribution in [1.29, 1.82) is 0 Å². The quantitative estimate of drug-likeness (QED) is 0.356. The highest BCUT2D eigenvalue weighted by Gasteiger charge is 2.27. The van der Waals surface area contributed by atoms with Crippen LogP contribution in [0.1, 0.15) is 43.1 Å². The SMILES string of the molecule is CCC(C)(C)OC(=O)C(=O)c1ccccc1CCl. The Bertz CT molecular complexity index is 452. The van der Waals surface area contributed by atoms with Crippen molar-refractivity contribution in [3.05, 3.63) is 35.4 Å². The molecule has 0 spiro atoms. The number of rotatable bonds is 5. The van der Waals surface area contributed by atoms with E-state index in [9.17, 15) is 9.59 Å². The molecule has 0 unspecified atom stereocenters. The molecule has 1 aromatic carbocycles. The van der Waals surface area contributed by atoms with Gasteiger partial charge >= 0.3 is 5.97 Å². The Hall–Kier alpha value is -1.35. The van der Waals surface area contributed by atoms with Gasteiger partial charge in [0.15, 0.2) is 0 Å². The van der Waals surface area contributed by atoms with Crippen LogP contribution in [0, 0.1) is 0 Å². The van der Waals surface area contributed by atoms with E-state index in [0.717, 1.165) is 0 Å². The highest BCUT2D eigenvalue weighted by molar-refractivity contribution is 6.41. The molecule has 0 aromatic heterocycles. The molecule has 0 atom stereocenters. The highest BCUT2D eigenvalue weighted by atomic mass is 35.5. The number of Topliss-reactive ketones (excluding diaryl/α,β-unsaturated/α-hetero) is 1. The molecule has 0 bridgehead atoms. The van der Waals surface area contributed by atoms with Gasteiger partial charge in [0.25, 0.3) is 5.78 Å². The first kappa shape index (κ1) is 14.7. The monoisotopic (exact) mass is 268 g/mol. The molecule has 0 heterocycles. The van der Waals surface area contributed by atoms with Gasteiger partial charge in [-0.25, -0.2) is 4.79 Å². The Morgan fingerprint density at radius 3 is 2.44 bits per heavy atom. The molecule has 0 aliphatic rings. The molecule has 0 radical (unpaired) electrons. The average Bonchev–Trinajstić information content (AvgIpc) is 2.37. The molecule has 18 heavy (non-hydrogen) atoms. The number of benzene rings is 1. The minimum Gasteiger partial charge on any atom is -0.454 e. The van der Waals surface area contributed by atoms with Crippen molar-refractivity contribution in [2.45, 2.75) is 38.7 Å². The van der Waals surface area contributed by atoms with E-state index in [1.165, 1.54) is 0 Å². The topological polar surface area (TPSA) is 43.4 Å². The van der Waals surface area contributed by atoms with Crippen molar-refractivity contribution in [2.24, 2.45) is 0 Å². The van der Waals surface area contributed by atoms with Crippen molar-refractivity contribution in [3.63, 3.8) is 0 Å². The molecule has 0 saturated carbocycles. The fourth-order valence-corrected chi connectivity index (χ4v) is 1.57. The number of ether oxygens (including phenoxy) is 1. The summed E-state index contributed by atoms with van der Waals surface area (Å²) in [6.07, 6.45) is 0.642. The zero-order valence-corrected chi connectivity index (χ0v) is 11.6. The predicted molar refractivity (Wildman–Crippen MR) is 70.8 cm³/mol. The maximum Gasteiger partial charge on any atom is 0.380 e. The van der Waals surface area contributed by atoms with Crippen molar-refractivity contribution < 1.29 is 14.3 Å². The average molecular weight is 269 g/mol. The van der Waals surface area contributed by atoms with Crippen molar-refractivity contribution >= 4 is 23.4 Å². The largest absolute Gasteiger partial charge is 0.454 e. The number of carbonyl (C=O) groups excluding carboxylic acids is 2. The van der Waals surface area contributed by atoms with Crippen LogP contribution in [0.5, 0.6) is 0 Å². The second-order valence-corrected chi connectivity index (χ2v) is 4.89. The Morgan fingerprint density at radius 2 is 1.89 bits per heavy atom. The number of hydrogen-bond acceptors (Lipinski definition) is 3. The molecular formula is C14H17ClO3. The third kappa shape index (κ3) is 3.57. The second-order valence-electron chi connectivity index (χ2n) is 4.62. The lowest BCUT2D eigenvalue weighted by Crippen LogP contribution is -2.31. The summed E-state index contributed by atoms with van der Waals surface area (Å²) in [5.74, 6) is -1.29. The summed E-state index contributed by atoms with van der Waals surface area (Å²) in [6.45, 7) is 5.43. The molecule has 1 rings (SSSR count). The standard InChI is InChI=1S/C14H17ClO3/c1-4-14(2,3)18-13(17)12(16)11-8-6-5-7-10(11)9-15/h5-8H,4,9H2,1-3H3. The van der Waals surface area contributed by atoms with E-state index in [1.807, 2.05) is 6.92 Å². The smallest absolute Gasteiger partial charge is 0.380 e. The zero-order valence-electron chi connectivity index (χ0n) is 10.8. The van der Waals surface area contributed by atoms with Gasteiger partial charge in [-0.1, -0.05) is 31.2 Å². The van der Waals surface area contributed by atoms with Gasteiger partial charge in [0.1, 0.15) is 5.60 Å². The second kappa shape index (κ2) is 6.01. The van der Waals surface area contributed by atoms with Crippen LogP contribution >= 0.6 is 11.6 Å². The van der Waals surface area contributed by atoms with E-state index in [2.05, 4.69) is 0 Å². The van der Waals surface area contributed by atoms with Crippen LogP contribution in [0.2, 0.25) is 0 Å². The number of ketones is 1. The third-order valence-electron chi connectivity index (χ3n) is 2.81. The number of alkyl halides is 1. The summed E-state index contributed by atoms with van der Waals surface area (Å²) in [5, 5.41) is 0. The molecule has 1 aromatic rings. The van der Waals surface area contributed by atoms with E-state index in [1.54, 1.807) is 38.1 Å². The molecule has 0 fully saturated rings. The number of esters is 1. The summed E-state index contributed by atoms with van der Waals surface area (Å²) in [5.41, 5.74) is 0.308. The van der Waals surface area contributed by atoms with Crippen molar-refractivity contribution in [2.75, 3.05) is 0 Å². The minimum absolute atomic E-state index is 0.187. The number of halogens is 1. The molecule has 4 heteroatoms. The summed E-state index contributed by atoms with van der Waals surface area (Å²) >= 11 is 5.74. The van der Waals surface area contributed by atoms with Gasteiger partial charge in [-0.3, -0.25) is 4.79 Å². The molecule has 0 saturated heterocycles. The molecule has 98 valence electrons. The van der Waals surface area contributed by atoms with Gasteiger partial charge in [0, 0.05) is 11.4 Å². The summed E-state index contributed by atoms with van der Waals surface area (Å²) in [7, 11) is 0. The van der Waals surface area contributed by atoms with Gasteiger partial charge < -0.3 is 4.74 Å². The predicted octanol–water partition coefficient (Wildman–Crippen LogP) is 3.34. The molecule has 0 N–H and O–H groups in total. The lowest BCUT2D eigenvalue weighted by Gasteiger charge is -2.22.